The van der Waals surface area contributed by atoms with Crippen LogP contribution >= 0.6 is 0 Å². The summed E-state index contributed by atoms with van der Waals surface area (Å²) in [4.78, 5) is 11.1. The summed E-state index contributed by atoms with van der Waals surface area (Å²) >= 11 is 0. The summed E-state index contributed by atoms with van der Waals surface area (Å²) in [6.07, 6.45) is -0.00898. The number of hydrogen-bond acceptors (Lipinski definition) is 5. The first-order valence-electron chi connectivity index (χ1n) is 6.01. The van der Waals surface area contributed by atoms with E-state index in [1.807, 2.05) is 0 Å². The highest BCUT2D eigenvalue weighted by Crippen LogP contribution is 2.32. The molecule has 0 aromatic heterocycles. The Labute approximate surface area is 111 Å². The Morgan fingerprint density at radius 1 is 1.53 bits per heavy atom. The van der Waals surface area contributed by atoms with E-state index in [2.05, 4.69) is 0 Å². The summed E-state index contributed by atoms with van der Waals surface area (Å²) < 4.78 is 15.9. The third-order valence-corrected chi connectivity index (χ3v) is 3.02. The number of ether oxygens (including phenoxy) is 3. The van der Waals surface area contributed by atoms with E-state index in [0.29, 0.717) is 30.3 Å². The van der Waals surface area contributed by atoms with E-state index in [0.717, 1.165) is 0 Å². The first-order chi connectivity index (χ1) is 9.15. The van der Waals surface area contributed by atoms with Crippen LogP contribution in [-0.4, -0.2) is 44.0 Å². The van der Waals surface area contributed by atoms with Crippen LogP contribution in [0.1, 0.15) is 11.5 Å². The first-order valence-corrected chi connectivity index (χ1v) is 6.01. The van der Waals surface area contributed by atoms with E-state index in [9.17, 15) is 4.79 Å². The van der Waals surface area contributed by atoms with Crippen molar-refractivity contribution in [2.45, 2.75) is 12.0 Å². The molecule has 1 aromatic carbocycles. The lowest BCUT2D eigenvalue weighted by Gasteiger charge is -2.27. The van der Waals surface area contributed by atoms with Crippen molar-refractivity contribution < 1.29 is 24.1 Å². The number of rotatable bonds is 6. The minimum absolute atomic E-state index is 0.00898. The molecule has 0 amide bonds. The van der Waals surface area contributed by atoms with Crippen LogP contribution in [0.25, 0.3) is 0 Å². The second kappa shape index (κ2) is 5.90. The van der Waals surface area contributed by atoms with Crippen molar-refractivity contribution in [1.29, 1.82) is 0 Å². The zero-order valence-corrected chi connectivity index (χ0v) is 10.7. The van der Waals surface area contributed by atoms with E-state index < -0.39 is 11.9 Å². The smallest absolute Gasteiger partial charge is 0.312 e. The fourth-order valence-electron chi connectivity index (χ4n) is 1.84. The van der Waals surface area contributed by atoms with Crippen LogP contribution in [0.15, 0.2) is 18.2 Å². The minimum atomic E-state index is -0.953. The predicted octanol–water partition coefficient (Wildman–Crippen LogP) is 0.600. The van der Waals surface area contributed by atoms with Crippen molar-refractivity contribution in [1.82, 2.24) is 0 Å². The normalized spacial score (nSPS) is 16.5. The largest absolute Gasteiger partial charge is 0.493 e. The predicted molar refractivity (Wildman–Crippen MR) is 67.7 cm³/mol. The van der Waals surface area contributed by atoms with Crippen molar-refractivity contribution in [3.63, 3.8) is 0 Å². The lowest BCUT2D eigenvalue weighted by atomic mass is 9.99. The van der Waals surface area contributed by atoms with Gasteiger partial charge in [-0.3, -0.25) is 4.79 Å². The highest BCUT2D eigenvalue weighted by Gasteiger charge is 2.24. The molecule has 0 radical (unpaired) electrons. The monoisotopic (exact) mass is 267 g/mol. The molecule has 0 aliphatic carbocycles. The zero-order chi connectivity index (χ0) is 13.8. The molecule has 0 spiro atoms. The van der Waals surface area contributed by atoms with Crippen molar-refractivity contribution in [2.75, 3.05) is 26.9 Å². The van der Waals surface area contributed by atoms with Crippen LogP contribution in [0.3, 0.4) is 0 Å². The molecule has 1 saturated heterocycles. The molecular weight excluding hydrogens is 250 g/mol. The van der Waals surface area contributed by atoms with Crippen LogP contribution in [0.2, 0.25) is 0 Å². The average Bonchev–Trinajstić information content (AvgIpc) is 2.34. The second-order valence-electron chi connectivity index (χ2n) is 4.31. The van der Waals surface area contributed by atoms with Gasteiger partial charge in [0.15, 0.2) is 11.5 Å². The van der Waals surface area contributed by atoms with Gasteiger partial charge >= 0.3 is 5.97 Å². The fraction of sp³-hybridized carbons (Fsp3) is 0.462. The van der Waals surface area contributed by atoms with E-state index in [1.54, 1.807) is 18.2 Å². The summed E-state index contributed by atoms with van der Waals surface area (Å²) in [5, 5.41) is 9.11. The molecule has 1 aliphatic rings. The molecule has 1 fully saturated rings. The molecule has 104 valence electrons. The van der Waals surface area contributed by atoms with Gasteiger partial charge in [-0.25, -0.2) is 0 Å². The van der Waals surface area contributed by atoms with Gasteiger partial charge in [-0.05, 0) is 17.7 Å². The Hall–Kier alpha value is -1.79. The van der Waals surface area contributed by atoms with Crippen LogP contribution in [-0.2, 0) is 9.53 Å². The molecule has 1 aromatic rings. The maximum Gasteiger partial charge on any atom is 0.312 e. The standard InChI is InChI=1S/C13H17NO5/c1-17-11-3-2-8(10(5-14)13(15)16)4-12(11)19-9-6-18-7-9/h2-4,9-10H,5-7,14H2,1H3,(H,15,16). The molecule has 1 heterocycles. The SMILES string of the molecule is COc1ccc(C(CN)C(=O)O)cc1OC1COC1. The topological polar surface area (TPSA) is 91.0 Å². The second-order valence-corrected chi connectivity index (χ2v) is 4.31. The number of benzene rings is 1. The highest BCUT2D eigenvalue weighted by atomic mass is 16.6. The Balaban J connectivity index is 2.25. The third-order valence-electron chi connectivity index (χ3n) is 3.02. The van der Waals surface area contributed by atoms with Crippen LogP contribution in [0.5, 0.6) is 11.5 Å². The number of methoxy groups -OCH3 is 1. The van der Waals surface area contributed by atoms with Gasteiger partial charge < -0.3 is 25.1 Å². The van der Waals surface area contributed by atoms with E-state index >= 15 is 0 Å². The fourth-order valence-corrected chi connectivity index (χ4v) is 1.84. The summed E-state index contributed by atoms with van der Waals surface area (Å²) in [7, 11) is 1.54. The number of nitrogens with two attached hydrogens (primary N) is 1. The minimum Gasteiger partial charge on any atom is -0.493 e. The number of aliphatic carboxylic acids is 1. The Kier molecular flexibility index (Phi) is 4.24. The van der Waals surface area contributed by atoms with Crippen molar-refractivity contribution in [3.05, 3.63) is 23.8 Å². The Morgan fingerprint density at radius 3 is 2.74 bits per heavy atom. The Bertz CT molecular complexity index is 458. The van der Waals surface area contributed by atoms with E-state index in [4.69, 9.17) is 25.1 Å². The molecule has 6 nitrogen and oxygen atoms in total. The van der Waals surface area contributed by atoms with E-state index in [1.165, 1.54) is 7.11 Å². The molecule has 1 atom stereocenters. The summed E-state index contributed by atoms with van der Waals surface area (Å²) in [5.41, 5.74) is 6.09. The number of carboxylic acid groups (broad SMARTS) is 1. The maximum absolute atomic E-state index is 11.1. The number of carboxylic acids is 1. The van der Waals surface area contributed by atoms with Crippen LogP contribution < -0.4 is 15.2 Å². The summed E-state index contributed by atoms with van der Waals surface area (Å²) in [5.74, 6) is -0.610. The molecule has 1 aliphatic heterocycles. The third kappa shape index (κ3) is 2.97. The maximum atomic E-state index is 11.1. The quantitative estimate of drug-likeness (QED) is 0.784. The van der Waals surface area contributed by atoms with Crippen molar-refractivity contribution in [3.8, 4) is 11.5 Å². The molecule has 6 heteroatoms. The zero-order valence-electron chi connectivity index (χ0n) is 10.7. The lowest BCUT2D eigenvalue weighted by molar-refractivity contribution is -0.138. The number of hydrogen-bond donors (Lipinski definition) is 2. The first kappa shape index (κ1) is 13.6. The molecule has 2 rings (SSSR count). The molecule has 1 unspecified atom stereocenters. The van der Waals surface area contributed by atoms with Crippen LogP contribution in [0, 0.1) is 0 Å². The van der Waals surface area contributed by atoms with Gasteiger partial charge in [0.05, 0.1) is 26.2 Å². The average molecular weight is 267 g/mol. The molecule has 3 N–H and O–H groups in total. The van der Waals surface area contributed by atoms with Gasteiger partial charge in [0, 0.05) is 6.54 Å². The van der Waals surface area contributed by atoms with Gasteiger partial charge in [-0.1, -0.05) is 6.07 Å². The Morgan fingerprint density at radius 2 is 2.26 bits per heavy atom. The molecular formula is C13H17NO5. The van der Waals surface area contributed by atoms with Gasteiger partial charge in [0.1, 0.15) is 6.10 Å². The molecule has 19 heavy (non-hydrogen) atoms. The van der Waals surface area contributed by atoms with Crippen LogP contribution in [0.4, 0.5) is 0 Å². The van der Waals surface area contributed by atoms with E-state index in [-0.39, 0.29) is 12.6 Å². The summed E-state index contributed by atoms with van der Waals surface area (Å²) in [6.45, 7) is 1.10. The van der Waals surface area contributed by atoms with Gasteiger partial charge in [-0.2, -0.15) is 0 Å². The molecule has 0 saturated carbocycles. The molecule has 0 bridgehead atoms. The van der Waals surface area contributed by atoms with Gasteiger partial charge in [0.25, 0.3) is 0 Å². The van der Waals surface area contributed by atoms with Crippen molar-refractivity contribution >= 4 is 5.97 Å². The lowest BCUT2D eigenvalue weighted by Crippen LogP contribution is -2.38. The number of carbonyl (C=O) groups is 1. The highest BCUT2D eigenvalue weighted by molar-refractivity contribution is 5.76. The van der Waals surface area contributed by atoms with Gasteiger partial charge in [-0.15, -0.1) is 0 Å². The van der Waals surface area contributed by atoms with Gasteiger partial charge in [0.2, 0.25) is 0 Å². The van der Waals surface area contributed by atoms with Crippen molar-refractivity contribution in [2.24, 2.45) is 5.73 Å². The summed E-state index contributed by atoms with van der Waals surface area (Å²) in [6, 6.07) is 5.05.